The van der Waals surface area contributed by atoms with Gasteiger partial charge in [-0.15, -0.1) is 0 Å². The molecule has 0 radical (unpaired) electrons. The zero-order valence-corrected chi connectivity index (χ0v) is 18.3. The first-order chi connectivity index (χ1) is 15.6. The molecular formula is C25H29F3O5. The normalized spacial score (nSPS) is 27.9. The standard InChI is InChI=1S/C25H29F3O5/c1-13-17-4-2-3-5-18(17)15(10-14-6-8-16(9-7-14)25(26,27)28)11-19(13)24-23(32)22(31)21(30)20(12-29)33-24/h6-9,11,20-24,29-32H,2-5,10,12H2,1H3/t20-,21-,22+,23-,24+/m1/s1. The van der Waals surface area contributed by atoms with Crippen LogP contribution in [0, 0.1) is 6.92 Å². The van der Waals surface area contributed by atoms with Gasteiger partial charge >= 0.3 is 6.18 Å². The third kappa shape index (κ3) is 4.68. The van der Waals surface area contributed by atoms with Crippen molar-refractivity contribution < 1.29 is 38.3 Å². The number of hydrogen-bond donors (Lipinski definition) is 4. The molecule has 0 amide bonds. The second-order valence-electron chi connectivity index (χ2n) is 9.04. The summed E-state index contributed by atoms with van der Waals surface area (Å²) >= 11 is 0. The molecule has 2 aliphatic rings. The van der Waals surface area contributed by atoms with Gasteiger partial charge in [-0.2, -0.15) is 13.2 Å². The molecule has 2 aromatic rings. The summed E-state index contributed by atoms with van der Waals surface area (Å²) in [5.74, 6) is 0. The summed E-state index contributed by atoms with van der Waals surface area (Å²) in [6, 6.07) is 7.00. The number of rotatable bonds is 4. The molecular weight excluding hydrogens is 437 g/mol. The molecule has 0 aromatic heterocycles. The van der Waals surface area contributed by atoms with Crippen molar-refractivity contribution in [2.75, 3.05) is 6.61 Å². The topological polar surface area (TPSA) is 90.2 Å². The van der Waals surface area contributed by atoms with Gasteiger partial charge in [0.15, 0.2) is 0 Å². The fraction of sp³-hybridized carbons (Fsp3) is 0.520. The van der Waals surface area contributed by atoms with Crippen molar-refractivity contribution in [3.63, 3.8) is 0 Å². The van der Waals surface area contributed by atoms with Crippen molar-refractivity contribution in [2.24, 2.45) is 0 Å². The van der Waals surface area contributed by atoms with Crippen LogP contribution in [0.25, 0.3) is 0 Å². The molecule has 1 aliphatic heterocycles. The number of halogens is 3. The van der Waals surface area contributed by atoms with Gasteiger partial charge in [0.1, 0.15) is 30.5 Å². The molecule has 4 N–H and O–H groups in total. The molecule has 0 saturated carbocycles. The Morgan fingerprint density at radius 1 is 0.939 bits per heavy atom. The Morgan fingerprint density at radius 2 is 1.58 bits per heavy atom. The molecule has 4 rings (SSSR count). The van der Waals surface area contributed by atoms with Crippen LogP contribution in [-0.2, 0) is 30.2 Å². The van der Waals surface area contributed by atoms with Crippen LogP contribution in [0.4, 0.5) is 13.2 Å². The van der Waals surface area contributed by atoms with Gasteiger partial charge in [-0.05, 0) is 84.5 Å². The first-order valence-corrected chi connectivity index (χ1v) is 11.2. The average molecular weight is 466 g/mol. The minimum atomic E-state index is -4.39. The van der Waals surface area contributed by atoms with E-state index in [-0.39, 0.29) is 0 Å². The van der Waals surface area contributed by atoms with Gasteiger partial charge in [-0.25, -0.2) is 0 Å². The molecule has 0 unspecified atom stereocenters. The molecule has 2 aromatic carbocycles. The molecule has 1 fully saturated rings. The van der Waals surface area contributed by atoms with Gasteiger partial charge in [-0.1, -0.05) is 18.2 Å². The Labute approximate surface area is 190 Å². The highest BCUT2D eigenvalue weighted by Crippen LogP contribution is 2.39. The van der Waals surface area contributed by atoms with E-state index >= 15 is 0 Å². The first kappa shape index (κ1) is 24.2. The SMILES string of the molecule is Cc1c([C@@H]2O[C@H](CO)[C@@H](O)[C@H](O)[C@H]2O)cc(Cc2ccc(C(F)(F)F)cc2)c2c1CCCC2. The van der Waals surface area contributed by atoms with E-state index in [0.717, 1.165) is 60.1 Å². The van der Waals surface area contributed by atoms with Crippen LogP contribution in [0.15, 0.2) is 30.3 Å². The van der Waals surface area contributed by atoms with Gasteiger partial charge in [-0.3, -0.25) is 0 Å². The second-order valence-corrected chi connectivity index (χ2v) is 9.04. The smallest absolute Gasteiger partial charge is 0.394 e. The van der Waals surface area contributed by atoms with E-state index in [1.807, 2.05) is 13.0 Å². The molecule has 1 saturated heterocycles. The lowest BCUT2D eigenvalue weighted by atomic mass is 9.79. The Morgan fingerprint density at radius 3 is 2.18 bits per heavy atom. The summed E-state index contributed by atoms with van der Waals surface area (Å²) in [7, 11) is 0. The summed E-state index contributed by atoms with van der Waals surface area (Å²) in [4.78, 5) is 0. The fourth-order valence-corrected chi connectivity index (χ4v) is 5.07. The van der Waals surface area contributed by atoms with E-state index in [4.69, 9.17) is 4.74 Å². The fourth-order valence-electron chi connectivity index (χ4n) is 5.07. The molecule has 0 spiro atoms. The van der Waals surface area contributed by atoms with E-state index in [0.29, 0.717) is 12.0 Å². The van der Waals surface area contributed by atoms with Gasteiger partial charge in [0.2, 0.25) is 0 Å². The Balaban J connectivity index is 1.73. The Kier molecular flexibility index (Phi) is 6.85. The highest BCUT2D eigenvalue weighted by Gasteiger charge is 2.44. The highest BCUT2D eigenvalue weighted by atomic mass is 19.4. The van der Waals surface area contributed by atoms with Crippen molar-refractivity contribution in [3.8, 4) is 0 Å². The summed E-state index contributed by atoms with van der Waals surface area (Å²) < 4.78 is 44.6. The van der Waals surface area contributed by atoms with Crippen LogP contribution < -0.4 is 0 Å². The number of hydrogen-bond acceptors (Lipinski definition) is 5. The van der Waals surface area contributed by atoms with Gasteiger partial charge in [0, 0.05) is 0 Å². The molecule has 5 atom stereocenters. The van der Waals surface area contributed by atoms with Crippen LogP contribution >= 0.6 is 0 Å². The summed E-state index contributed by atoms with van der Waals surface area (Å²) in [5, 5.41) is 40.6. The monoisotopic (exact) mass is 466 g/mol. The lowest BCUT2D eigenvalue weighted by molar-refractivity contribution is -0.231. The van der Waals surface area contributed by atoms with E-state index < -0.39 is 48.9 Å². The zero-order chi connectivity index (χ0) is 23.9. The lowest BCUT2D eigenvalue weighted by Crippen LogP contribution is -2.55. The largest absolute Gasteiger partial charge is 0.416 e. The number of benzene rings is 2. The van der Waals surface area contributed by atoms with Crippen LogP contribution in [0.5, 0.6) is 0 Å². The summed E-state index contributed by atoms with van der Waals surface area (Å²) in [6.45, 7) is 1.42. The van der Waals surface area contributed by atoms with Crippen molar-refractivity contribution in [3.05, 3.63) is 69.3 Å². The Bertz CT molecular complexity index is 987. The van der Waals surface area contributed by atoms with Gasteiger partial charge < -0.3 is 25.2 Å². The van der Waals surface area contributed by atoms with Crippen molar-refractivity contribution in [2.45, 2.75) is 75.7 Å². The summed E-state index contributed by atoms with van der Waals surface area (Å²) in [6.07, 6.45) is -6.50. The molecule has 1 aliphatic carbocycles. The maximum atomic E-state index is 12.9. The van der Waals surface area contributed by atoms with E-state index in [2.05, 4.69) is 0 Å². The predicted molar refractivity (Wildman–Crippen MR) is 115 cm³/mol. The van der Waals surface area contributed by atoms with Crippen molar-refractivity contribution in [1.29, 1.82) is 0 Å². The van der Waals surface area contributed by atoms with Gasteiger partial charge in [0.25, 0.3) is 0 Å². The van der Waals surface area contributed by atoms with Crippen molar-refractivity contribution in [1.82, 2.24) is 0 Å². The van der Waals surface area contributed by atoms with Gasteiger partial charge in [0.05, 0.1) is 12.2 Å². The van der Waals surface area contributed by atoms with Crippen LogP contribution in [0.3, 0.4) is 0 Å². The second kappa shape index (κ2) is 9.35. The Hall–Kier alpha value is -1.97. The third-order valence-electron chi connectivity index (χ3n) is 6.95. The van der Waals surface area contributed by atoms with Crippen LogP contribution in [-0.4, -0.2) is 51.4 Å². The zero-order valence-electron chi connectivity index (χ0n) is 18.3. The predicted octanol–water partition coefficient (Wildman–Crippen LogP) is 3.00. The number of aliphatic hydroxyl groups is 4. The first-order valence-electron chi connectivity index (χ1n) is 11.2. The molecule has 5 nitrogen and oxygen atoms in total. The number of fused-ring (bicyclic) bond motifs is 1. The maximum absolute atomic E-state index is 12.9. The van der Waals surface area contributed by atoms with Crippen LogP contribution in [0.1, 0.15) is 57.9 Å². The minimum absolute atomic E-state index is 0.422. The third-order valence-corrected chi connectivity index (χ3v) is 6.95. The molecule has 180 valence electrons. The molecule has 0 bridgehead atoms. The van der Waals surface area contributed by atoms with E-state index in [1.54, 1.807) is 0 Å². The maximum Gasteiger partial charge on any atom is 0.416 e. The van der Waals surface area contributed by atoms with Crippen LogP contribution in [0.2, 0.25) is 0 Å². The molecule has 1 heterocycles. The number of ether oxygens (including phenoxy) is 1. The number of alkyl halides is 3. The summed E-state index contributed by atoms with van der Waals surface area (Å²) in [5.41, 5.74) is 4.89. The minimum Gasteiger partial charge on any atom is -0.394 e. The lowest BCUT2D eigenvalue weighted by Gasteiger charge is -2.41. The average Bonchev–Trinajstić information content (AvgIpc) is 2.80. The quantitative estimate of drug-likeness (QED) is 0.556. The van der Waals surface area contributed by atoms with E-state index in [9.17, 15) is 33.6 Å². The van der Waals surface area contributed by atoms with Crippen molar-refractivity contribution >= 4 is 0 Å². The number of aliphatic hydroxyl groups excluding tert-OH is 4. The molecule has 8 heteroatoms. The highest BCUT2D eigenvalue weighted by molar-refractivity contribution is 5.50. The molecule has 33 heavy (non-hydrogen) atoms. The van der Waals surface area contributed by atoms with E-state index in [1.165, 1.54) is 17.7 Å².